The fraction of sp³-hybridized carbons (Fsp3) is 0.407. The first kappa shape index (κ1) is 25.0. The average Bonchev–Trinajstić information content (AvgIpc) is 3.59. The number of anilines is 1. The Morgan fingerprint density at radius 2 is 2.00 bits per heavy atom. The zero-order chi connectivity index (χ0) is 27.1. The third-order valence-electron chi connectivity index (χ3n) is 7.54. The average molecular weight is 531 g/mol. The number of aromatic nitrogens is 6. The second-order valence-electron chi connectivity index (χ2n) is 9.74. The van der Waals surface area contributed by atoms with Crippen LogP contribution in [0.15, 0.2) is 35.4 Å². The summed E-state index contributed by atoms with van der Waals surface area (Å²) in [5.74, 6) is 0.759. The topological polar surface area (TPSA) is 120 Å². The molecule has 2 aliphatic rings. The number of carbonyl (C=O) groups excluding carboxylic acids is 2. The van der Waals surface area contributed by atoms with Gasteiger partial charge < -0.3 is 28.5 Å². The zero-order valence-corrected chi connectivity index (χ0v) is 22.0. The van der Waals surface area contributed by atoms with Crippen molar-refractivity contribution in [1.82, 2.24) is 33.6 Å². The highest BCUT2D eigenvalue weighted by Gasteiger charge is 2.29. The zero-order valence-electron chi connectivity index (χ0n) is 22.0. The maximum Gasteiger partial charge on any atom is 0.299 e. The number of aldehydes is 1. The molecule has 0 N–H and O–H groups in total. The predicted octanol–water partition coefficient (Wildman–Crippen LogP) is 1.31. The Bertz CT molecular complexity index is 1670. The van der Waals surface area contributed by atoms with Gasteiger partial charge in [0, 0.05) is 33.2 Å². The maximum atomic E-state index is 13.8. The number of para-hydroxylation sites is 1. The van der Waals surface area contributed by atoms with Crippen LogP contribution in [0, 0.1) is 0 Å². The summed E-state index contributed by atoms with van der Waals surface area (Å²) in [6, 6.07) is 5.62. The van der Waals surface area contributed by atoms with E-state index in [0.29, 0.717) is 80.6 Å². The first-order valence-corrected chi connectivity index (χ1v) is 13.2. The lowest BCUT2D eigenvalue weighted by atomic mass is 10.1. The quantitative estimate of drug-likeness (QED) is 0.342. The molecule has 0 atom stereocenters. The molecule has 12 heteroatoms. The molecular formula is C27H30N8O4. The Hall–Kier alpha value is -4.32. The summed E-state index contributed by atoms with van der Waals surface area (Å²) in [6.07, 6.45) is 5.64. The Kier molecular flexibility index (Phi) is 6.47. The maximum absolute atomic E-state index is 13.8. The van der Waals surface area contributed by atoms with Gasteiger partial charge in [0.25, 0.3) is 11.5 Å². The monoisotopic (exact) mass is 530 g/mol. The molecule has 0 bridgehead atoms. The van der Waals surface area contributed by atoms with E-state index in [1.165, 1.54) is 4.52 Å². The number of ether oxygens (including phenoxy) is 1. The van der Waals surface area contributed by atoms with Crippen LogP contribution in [-0.2, 0) is 29.5 Å². The van der Waals surface area contributed by atoms with Gasteiger partial charge in [-0.15, -0.1) is 5.10 Å². The molecule has 1 amide bonds. The molecule has 0 saturated carbocycles. The minimum atomic E-state index is -0.270. The van der Waals surface area contributed by atoms with Gasteiger partial charge in [-0.05, 0) is 30.5 Å². The van der Waals surface area contributed by atoms with E-state index in [1.54, 1.807) is 21.9 Å². The van der Waals surface area contributed by atoms with E-state index < -0.39 is 0 Å². The summed E-state index contributed by atoms with van der Waals surface area (Å²) in [5.41, 5.74) is 4.05. The number of imidazole rings is 1. The van der Waals surface area contributed by atoms with Crippen LogP contribution < -0.4 is 10.5 Å². The van der Waals surface area contributed by atoms with Crippen LogP contribution in [0.1, 0.15) is 35.2 Å². The summed E-state index contributed by atoms with van der Waals surface area (Å²) in [6.45, 7) is 4.92. The van der Waals surface area contributed by atoms with Crippen LogP contribution >= 0.6 is 0 Å². The third kappa shape index (κ3) is 4.20. The fourth-order valence-electron chi connectivity index (χ4n) is 5.53. The van der Waals surface area contributed by atoms with Crippen LogP contribution in [0.4, 0.5) is 5.69 Å². The van der Waals surface area contributed by atoms with Crippen molar-refractivity contribution in [3.05, 3.63) is 58.0 Å². The molecule has 2 aliphatic heterocycles. The number of nitrogens with zero attached hydrogens (tertiary/aromatic N) is 8. The minimum absolute atomic E-state index is 0.0623. The van der Waals surface area contributed by atoms with Crippen LogP contribution in [0.3, 0.4) is 0 Å². The predicted molar refractivity (Wildman–Crippen MR) is 145 cm³/mol. The molecule has 39 heavy (non-hydrogen) atoms. The second-order valence-corrected chi connectivity index (χ2v) is 9.74. The molecule has 0 radical (unpaired) electrons. The largest absolute Gasteiger partial charge is 0.377 e. The van der Waals surface area contributed by atoms with Crippen LogP contribution in [-0.4, -0.2) is 85.2 Å². The van der Waals surface area contributed by atoms with E-state index in [2.05, 4.69) is 15.1 Å². The minimum Gasteiger partial charge on any atom is -0.377 e. The Balaban J connectivity index is 1.33. The van der Waals surface area contributed by atoms with E-state index in [-0.39, 0.29) is 18.0 Å². The summed E-state index contributed by atoms with van der Waals surface area (Å²) >= 11 is 0. The molecule has 5 heterocycles. The van der Waals surface area contributed by atoms with Crippen molar-refractivity contribution >= 4 is 40.3 Å². The number of benzene rings is 1. The van der Waals surface area contributed by atoms with Gasteiger partial charge in [0.1, 0.15) is 17.5 Å². The van der Waals surface area contributed by atoms with Gasteiger partial charge in [-0.1, -0.05) is 19.1 Å². The smallest absolute Gasteiger partial charge is 0.299 e. The van der Waals surface area contributed by atoms with Gasteiger partial charge >= 0.3 is 0 Å². The third-order valence-corrected chi connectivity index (χ3v) is 7.54. The van der Waals surface area contributed by atoms with Crippen molar-refractivity contribution in [1.29, 1.82) is 0 Å². The van der Waals surface area contributed by atoms with Gasteiger partial charge in [0.15, 0.2) is 5.82 Å². The molecule has 0 unspecified atom stereocenters. The van der Waals surface area contributed by atoms with E-state index in [1.807, 2.05) is 41.6 Å². The standard InChI is InChI=1S/C27H30N8O4/c1-3-20-23(26(38)35-27(34(20)13-14-36)29-24(30-35)18-7-15-39-16-8-18)32-9-11-33(12-10-32)25(37)19-5-4-6-21-22(19)28-17-31(21)2/h4-7,14,17H,3,8-13,15-16H2,1-2H3. The molecule has 3 aromatic heterocycles. The molecule has 0 aliphatic carbocycles. The number of fused-ring (bicyclic) bond motifs is 2. The lowest BCUT2D eigenvalue weighted by Gasteiger charge is -2.36. The number of carbonyl (C=O) groups is 2. The molecule has 12 nitrogen and oxygen atoms in total. The van der Waals surface area contributed by atoms with Gasteiger partial charge in [-0.25, -0.2) is 4.98 Å². The van der Waals surface area contributed by atoms with Gasteiger partial charge in [0.05, 0.1) is 42.9 Å². The lowest BCUT2D eigenvalue weighted by molar-refractivity contribution is -0.108. The first-order valence-electron chi connectivity index (χ1n) is 13.2. The highest BCUT2D eigenvalue weighted by molar-refractivity contribution is 6.05. The van der Waals surface area contributed by atoms with Crippen molar-refractivity contribution in [3.8, 4) is 0 Å². The van der Waals surface area contributed by atoms with Crippen molar-refractivity contribution in [2.24, 2.45) is 7.05 Å². The lowest BCUT2D eigenvalue weighted by Crippen LogP contribution is -2.50. The molecule has 4 aromatic rings. The first-order chi connectivity index (χ1) is 19.0. The number of piperazine rings is 1. The van der Waals surface area contributed by atoms with Crippen molar-refractivity contribution in [3.63, 3.8) is 0 Å². The normalized spacial score (nSPS) is 16.2. The molecule has 1 saturated heterocycles. The van der Waals surface area contributed by atoms with E-state index in [0.717, 1.165) is 23.1 Å². The van der Waals surface area contributed by atoms with E-state index in [4.69, 9.17) is 4.74 Å². The van der Waals surface area contributed by atoms with E-state index in [9.17, 15) is 14.4 Å². The van der Waals surface area contributed by atoms with Crippen LogP contribution in [0.5, 0.6) is 0 Å². The van der Waals surface area contributed by atoms with E-state index >= 15 is 0 Å². The molecule has 1 fully saturated rings. The highest BCUT2D eigenvalue weighted by Crippen LogP contribution is 2.25. The van der Waals surface area contributed by atoms with Crippen molar-refractivity contribution < 1.29 is 14.3 Å². The summed E-state index contributed by atoms with van der Waals surface area (Å²) in [5, 5.41) is 4.56. The number of amides is 1. The molecule has 1 aromatic carbocycles. The summed E-state index contributed by atoms with van der Waals surface area (Å²) in [4.78, 5) is 51.8. The Morgan fingerprint density at radius 1 is 1.18 bits per heavy atom. The SMILES string of the molecule is CCc1c(N2CCN(C(=O)c3cccc4c3ncn4C)CC2)c(=O)n2nc(C3=CCOCC3)nc2n1CC=O. The molecule has 6 rings (SSSR count). The number of rotatable bonds is 6. The fourth-order valence-corrected chi connectivity index (χ4v) is 5.53. The highest BCUT2D eigenvalue weighted by atomic mass is 16.5. The molecule has 202 valence electrons. The number of hydrogen-bond donors (Lipinski definition) is 0. The van der Waals surface area contributed by atoms with Crippen LogP contribution in [0.2, 0.25) is 0 Å². The second kappa shape index (κ2) is 10.1. The van der Waals surface area contributed by atoms with Gasteiger partial charge in [0.2, 0.25) is 5.78 Å². The van der Waals surface area contributed by atoms with Crippen molar-refractivity contribution in [2.45, 2.75) is 26.3 Å². The summed E-state index contributed by atoms with van der Waals surface area (Å²) in [7, 11) is 1.90. The molecule has 0 spiro atoms. The van der Waals surface area contributed by atoms with Crippen molar-refractivity contribution in [2.75, 3.05) is 44.3 Å². The Labute approximate surface area is 224 Å². The van der Waals surface area contributed by atoms with Gasteiger partial charge in [-0.2, -0.15) is 9.50 Å². The van der Waals surface area contributed by atoms with Crippen LogP contribution in [0.25, 0.3) is 22.4 Å². The number of hydrogen-bond acceptors (Lipinski definition) is 8. The Morgan fingerprint density at radius 3 is 2.72 bits per heavy atom. The van der Waals surface area contributed by atoms with Gasteiger partial charge in [-0.3, -0.25) is 9.59 Å². The molecular weight excluding hydrogens is 500 g/mol. The number of aryl methyl sites for hydroxylation is 1. The summed E-state index contributed by atoms with van der Waals surface area (Å²) < 4.78 is 10.4.